The van der Waals surface area contributed by atoms with Gasteiger partial charge in [0.05, 0.1) is 5.71 Å². The van der Waals surface area contributed by atoms with Crippen LogP contribution in [0.2, 0.25) is 0 Å². The zero-order chi connectivity index (χ0) is 21.9. The van der Waals surface area contributed by atoms with E-state index in [1.54, 1.807) is 0 Å². The van der Waals surface area contributed by atoms with Crippen molar-refractivity contribution in [1.29, 1.82) is 0 Å². The van der Waals surface area contributed by atoms with Gasteiger partial charge in [0.25, 0.3) is 0 Å². The third-order valence-electron chi connectivity index (χ3n) is 4.80. The lowest BCUT2D eigenvalue weighted by molar-refractivity contribution is -0.136. The largest absolute Gasteiger partial charge is 0.490 e. The zero-order valence-electron chi connectivity index (χ0n) is 17.7. The topological polar surface area (TPSA) is 68.1 Å². The summed E-state index contributed by atoms with van der Waals surface area (Å²) in [6.45, 7) is 2.73. The molecule has 0 fully saturated rings. The number of nitrogens with zero attached hydrogens (tertiary/aromatic N) is 1. The predicted molar refractivity (Wildman–Crippen MR) is 123 cm³/mol. The normalized spacial score (nSPS) is 11.2. The summed E-state index contributed by atoms with van der Waals surface area (Å²) >= 11 is 0. The molecule has 0 amide bonds. The van der Waals surface area contributed by atoms with E-state index in [1.807, 2.05) is 49.4 Å². The van der Waals surface area contributed by atoms with Gasteiger partial charge < -0.3 is 14.7 Å². The summed E-state index contributed by atoms with van der Waals surface area (Å²) in [5.74, 6) is -0.110. The third-order valence-corrected chi connectivity index (χ3v) is 4.80. The van der Waals surface area contributed by atoms with Crippen LogP contribution in [0.25, 0.3) is 11.1 Å². The zero-order valence-corrected chi connectivity index (χ0v) is 17.7. The van der Waals surface area contributed by atoms with E-state index in [1.165, 1.54) is 11.1 Å². The number of aliphatic carboxylic acids is 1. The molecule has 0 aromatic heterocycles. The molecule has 0 heterocycles. The SMILES string of the molecule is CCC(=NOCCOc1cccc(CCC(=O)O)c1)c1ccc(-c2ccccc2)cc1. The Balaban J connectivity index is 1.49. The minimum atomic E-state index is -0.806. The van der Waals surface area contributed by atoms with E-state index in [4.69, 9.17) is 14.7 Å². The first-order valence-corrected chi connectivity index (χ1v) is 10.4. The van der Waals surface area contributed by atoms with Crippen molar-refractivity contribution in [2.24, 2.45) is 5.16 Å². The maximum Gasteiger partial charge on any atom is 0.303 e. The van der Waals surface area contributed by atoms with E-state index in [-0.39, 0.29) is 6.42 Å². The maximum atomic E-state index is 10.7. The van der Waals surface area contributed by atoms with E-state index < -0.39 is 5.97 Å². The first-order chi connectivity index (χ1) is 15.2. The molecular weight excluding hydrogens is 390 g/mol. The summed E-state index contributed by atoms with van der Waals surface area (Å²) < 4.78 is 5.70. The molecule has 0 saturated carbocycles. The van der Waals surface area contributed by atoms with Gasteiger partial charge in [0, 0.05) is 6.42 Å². The molecule has 0 unspecified atom stereocenters. The van der Waals surface area contributed by atoms with Gasteiger partial charge in [-0.25, -0.2) is 0 Å². The van der Waals surface area contributed by atoms with E-state index in [0.29, 0.717) is 25.4 Å². The molecule has 0 aliphatic heterocycles. The molecule has 0 atom stereocenters. The average Bonchev–Trinajstić information content (AvgIpc) is 2.81. The Bertz CT molecular complexity index is 997. The van der Waals surface area contributed by atoms with Crippen LogP contribution in [-0.4, -0.2) is 30.0 Å². The van der Waals surface area contributed by atoms with Crippen LogP contribution in [0.1, 0.15) is 30.9 Å². The van der Waals surface area contributed by atoms with Gasteiger partial charge in [-0.15, -0.1) is 0 Å². The van der Waals surface area contributed by atoms with Gasteiger partial charge in [0.1, 0.15) is 12.4 Å². The summed E-state index contributed by atoms with van der Waals surface area (Å²) in [5, 5.41) is 13.1. The van der Waals surface area contributed by atoms with Gasteiger partial charge >= 0.3 is 5.97 Å². The number of carboxylic acids is 1. The molecule has 0 saturated heterocycles. The standard InChI is InChI=1S/C26H27NO4/c1-2-25(23-14-12-22(13-15-23)21-8-4-3-5-9-21)27-31-18-17-30-24-10-6-7-20(19-24)11-16-26(28)29/h3-10,12-15,19H,2,11,16-18H2,1H3,(H,28,29). The highest BCUT2D eigenvalue weighted by molar-refractivity contribution is 6.00. The number of hydrogen-bond acceptors (Lipinski definition) is 4. The first kappa shape index (κ1) is 22.1. The van der Waals surface area contributed by atoms with E-state index in [2.05, 4.69) is 41.6 Å². The molecule has 0 aliphatic carbocycles. The van der Waals surface area contributed by atoms with Gasteiger partial charge in [-0.1, -0.05) is 78.8 Å². The molecule has 3 aromatic rings. The highest BCUT2D eigenvalue weighted by atomic mass is 16.6. The number of rotatable bonds is 11. The second kappa shape index (κ2) is 11.6. The van der Waals surface area contributed by atoms with Gasteiger partial charge in [0.2, 0.25) is 0 Å². The predicted octanol–water partition coefficient (Wildman–Crippen LogP) is 5.58. The second-order valence-corrected chi connectivity index (χ2v) is 7.06. The fourth-order valence-corrected chi connectivity index (χ4v) is 3.17. The summed E-state index contributed by atoms with van der Waals surface area (Å²) in [5.41, 5.74) is 5.21. The number of aryl methyl sites for hydroxylation is 1. The van der Waals surface area contributed by atoms with Crippen molar-refractivity contribution >= 4 is 11.7 Å². The van der Waals surface area contributed by atoms with Gasteiger partial charge in [-0.05, 0) is 47.2 Å². The number of ether oxygens (including phenoxy) is 1. The number of oxime groups is 1. The van der Waals surface area contributed by atoms with E-state index in [0.717, 1.165) is 23.3 Å². The van der Waals surface area contributed by atoms with Gasteiger partial charge in [-0.2, -0.15) is 0 Å². The second-order valence-electron chi connectivity index (χ2n) is 7.06. The van der Waals surface area contributed by atoms with Crippen molar-refractivity contribution in [2.45, 2.75) is 26.2 Å². The first-order valence-electron chi connectivity index (χ1n) is 10.4. The highest BCUT2D eigenvalue weighted by Gasteiger charge is 2.04. The summed E-state index contributed by atoms with van der Waals surface area (Å²) in [7, 11) is 0. The average molecular weight is 418 g/mol. The maximum absolute atomic E-state index is 10.7. The van der Waals surface area contributed by atoms with Crippen LogP contribution in [0.4, 0.5) is 0 Å². The molecule has 5 heteroatoms. The minimum Gasteiger partial charge on any atom is -0.490 e. The molecule has 3 aromatic carbocycles. The number of carboxylic acid groups (broad SMARTS) is 1. The van der Waals surface area contributed by atoms with Crippen LogP contribution in [0.5, 0.6) is 5.75 Å². The molecule has 0 spiro atoms. The van der Waals surface area contributed by atoms with Crippen molar-refractivity contribution in [1.82, 2.24) is 0 Å². The Morgan fingerprint density at radius 1 is 0.903 bits per heavy atom. The lowest BCUT2D eigenvalue weighted by Gasteiger charge is -2.09. The van der Waals surface area contributed by atoms with Crippen molar-refractivity contribution in [3.05, 3.63) is 90.0 Å². The summed E-state index contributed by atoms with van der Waals surface area (Å²) in [4.78, 5) is 16.2. The molecule has 31 heavy (non-hydrogen) atoms. The Hall–Kier alpha value is -3.60. The smallest absolute Gasteiger partial charge is 0.303 e. The quantitative estimate of drug-likeness (QED) is 0.251. The number of hydrogen-bond donors (Lipinski definition) is 1. The highest BCUT2D eigenvalue weighted by Crippen LogP contribution is 2.20. The lowest BCUT2D eigenvalue weighted by Crippen LogP contribution is -2.07. The fraction of sp³-hybridized carbons (Fsp3) is 0.231. The van der Waals surface area contributed by atoms with Gasteiger partial charge in [-0.3, -0.25) is 4.79 Å². The third kappa shape index (κ3) is 7.00. The molecule has 0 radical (unpaired) electrons. The molecule has 1 N–H and O–H groups in total. The fourth-order valence-electron chi connectivity index (χ4n) is 3.17. The summed E-state index contributed by atoms with van der Waals surface area (Å²) in [6, 6.07) is 26.0. The molecule has 5 nitrogen and oxygen atoms in total. The monoisotopic (exact) mass is 417 g/mol. The van der Waals surface area contributed by atoms with Crippen LogP contribution in [0.3, 0.4) is 0 Å². The van der Waals surface area contributed by atoms with E-state index >= 15 is 0 Å². The van der Waals surface area contributed by atoms with E-state index in [9.17, 15) is 4.79 Å². The lowest BCUT2D eigenvalue weighted by atomic mass is 10.0. The van der Waals surface area contributed by atoms with Crippen molar-refractivity contribution in [3.8, 4) is 16.9 Å². The van der Waals surface area contributed by atoms with Crippen LogP contribution < -0.4 is 4.74 Å². The van der Waals surface area contributed by atoms with Crippen LogP contribution in [-0.2, 0) is 16.1 Å². The Labute approximate surface area is 182 Å². The number of carbonyl (C=O) groups is 1. The Kier molecular flexibility index (Phi) is 8.23. The van der Waals surface area contributed by atoms with Crippen molar-refractivity contribution in [2.75, 3.05) is 13.2 Å². The molecule has 0 aliphatic rings. The molecular formula is C26H27NO4. The minimum absolute atomic E-state index is 0.105. The molecule has 160 valence electrons. The van der Waals surface area contributed by atoms with Crippen molar-refractivity contribution in [3.63, 3.8) is 0 Å². The van der Waals surface area contributed by atoms with Crippen LogP contribution in [0, 0.1) is 0 Å². The Morgan fingerprint density at radius 2 is 1.65 bits per heavy atom. The summed E-state index contributed by atoms with van der Waals surface area (Å²) in [6.07, 6.45) is 1.35. The van der Waals surface area contributed by atoms with Crippen LogP contribution >= 0.6 is 0 Å². The molecule has 3 rings (SSSR count). The van der Waals surface area contributed by atoms with Crippen molar-refractivity contribution < 1.29 is 19.5 Å². The van der Waals surface area contributed by atoms with Gasteiger partial charge in [0.15, 0.2) is 6.61 Å². The van der Waals surface area contributed by atoms with Crippen LogP contribution in [0.15, 0.2) is 84.0 Å². The Morgan fingerprint density at radius 3 is 2.35 bits per heavy atom. The molecule has 0 bridgehead atoms. The number of benzene rings is 3.